The highest BCUT2D eigenvalue weighted by molar-refractivity contribution is 5.89. The maximum Gasteiger partial charge on any atom is 0.228 e. The van der Waals surface area contributed by atoms with Crippen LogP contribution >= 0.6 is 0 Å². The number of nitrogens with zero attached hydrogens (tertiary/aromatic N) is 4. The number of likely N-dealkylation sites (tertiary alicyclic amines) is 2. The molecule has 4 heterocycles. The minimum Gasteiger partial charge on any atom is -0.336 e. The number of likely N-dealkylation sites (N-methyl/N-ethyl adjacent to an activating group) is 1. The van der Waals surface area contributed by atoms with Crippen LogP contribution in [0.4, 0.5) is 0 Å². The Balaban J connectivity index is 1.40. The fourth-order valence-electron chi connectivity index (χ4n) is 3.77. The zero-order valence-electron chi connectivity index (χ0n) is 12.8. The van der Waals surface area contributed by atoms with Gasteiger partial charge in [-0.25, -0.2) is 0 Å². The van der Waals surface area contributed by atoms with Gasteiger partial charge in [0.25, 0.3) is 0 Å². The molecule has 118 valence electrons. The molecule has 22 heavy (non-hydrogen) atoms. The molecule has 2 amide bonds. The zero-order chi connectivity index (χ0) is 15.3. The number of carbonyl (C=O) groups excluding carboxylic acids is 2. The number of hydrogen-bond donors (Lipinski definition) is 1. The van der Waals surface area contributed by atoms with Gasteiger partial charge in [-0.2, -0.15) is 5.10 Å². The van der Waals surface area contributed by atoms with E-state index < -0.39 is 0 Å². The molecule has 1 N–H and O–H groups in total. The molecular formula is C15H21N5O2. The summed E-state index contributed by atoms with van der Waals surface area (Å²) in [7, 11) is 2.05. The van der Waals surface area contributed by atoms with E-state index in [-0.39, 0.29) is 17.7 Å². The van der Waals surface area contributed by atoms with E-state index in [0.717, 1.165) is 31.7 Å². The number of carbonyl (C=O) groups is 2. The molecule has 0 aromatic carbocycles. The number of nitrogens with one attached hydrogen (secondary N) is 1. The lowest BCUT2D eigenvalue weighted by molar-refractivity contribution is -0.136. The van der Waals surface area contributed by atoms with Crippen LogP contribution in [0.25, 0.3) is 0 Å². The number of hydrogen-bond acceptors (Lipinski definition) is 4. The van der Waals surface area contributed by atoms with E-state index in [9.17, 15) is 9.59 Å². The van der Waals surface area contributed by atoms with Crippen molar-refractivity contribution in [3.8, 4) is 0 Å². The summed E-state index contributed by atoms with van der Waals surface area (Å²) in [5.41, 5.74) is 2.23. The van der Waals surface area contributed by atoms with Crippen molar-refractivity contribution in [3.05, 3.63) is 17.5 Å². The highest BCUT2D eigenvalue weighted by Gasteiger charge is 2.42. The smallest absolute Gasteiger partial charge is 0.228 e. The molecule has 0 bridgehead atoms. The molecule has 3 aliphatic rings. The first-order valence-electron chi connectivity index (χ1n) is 7.89. The summed E-state index contributed by atoms with van der Waals surface area (Å²) in [4.78, 5) is 30.9. The summed E-state index contributed by atoms with van der Waals surface area (Å²) in [5, 5.41) is 7.00. The second kappa shape index (κ2) is 5.08. The number of rotatable bonds is 2. The first kappa shape index (κ1) is 13.8. The molecule has 0 spiro atoms. The van der Waals surface area contributed by atoms with Gasteiger partial charge < -0.3 is 14.7 Å². The van der Waals surface area contributed by atoms with Crippen molar-refractivity contribution in [1.82, 2.24) is 24.9 Å². The zero-order valence-corrected chi connectivity index (χ0v) is 12.8. The predicted octanol–water partition coefficient (Wildman–Crippen LogP) is -0.543. The van der Waals surface area contributed by atoms with Crippen molar-refractivity contribution in [2.75, 3.05) is 33.2 Å². The van der Waals surface area contributed by atoms with Crippen molar-refractivity contribution in [2.45, 2.75) is 25.4 Å². The van der Waals surface area contributed by atoms with Crippen molar-refractivity contribution in [1.29, 1.82) is 0 Å². The monoisotopic (exact) mass is 303 g/mol. The Kier molecular flexibility index (Phi) is 3.18. The largest absolute Gasteiger partial charge is 0.336 e. The molecule has 2 fully saturated rings. The van der Waals surface area contributed by atoms with Crippen molar-refractivity contribution in [2.24, 2.45) is 5.92 Å². The molecule has 0 aliphatic carbocycles. The fraction of sp³-hybridized carbons (Fsp3) is 0.667. The molecule has 0 radical (unpaired) electrons. The Labute approximate surface area is 129 Å². The number of aromatic amines is 1. The standard InChI is InChI=1S/C15H21N5O2/c1-18-7-12(8-18)20-6-11(4-14(20)21)15(22)19-3-2-10-5-16-17-13(10)9-19/h5,11-12H,2-4,6-9H2,1H3,(H,16,17). The quantitative estimate of drug-likeness (QED) is 0.796. The average molecular weight is 303 g/mol. The molecule has 0 saturated carbocycles. The predicted molar refractivity (Wildman–Crippen MR) is 78.8 cm³/mol. The van der Waals surface area contributed by atoms with Crippen LogP contribution in [0.15, 0.2) is 6.20 Å². The van der Waals surface area contributed by atoms with Crippen molar-refractivity contribution >= 4 is 11.8 Å². The van der Waals surface area contributed by atoms with E-state index in [1.54, 1.807) is 0 Å². The average Bonchev–Trinajstić information content (AvgIpc) is 3.08. The normalized spacial score (nSPS) is 26.2. The highest BCUT2D eigenvalue weighted by Crippen LogP contribution is 2.27. The van der Waals surface area contributed by atoms with Crippen molar-refractivity contribution < 1.29 is 9.59 Å². The Morgan fingerprint density at radius 1 is 1.36 bits per heavy atom. The summed E-state index contributed by atoms with van der Waals surface area (Å²) >= 11 is 0. The summed E-state index contributed by atoms with van der Waals surface area (Å²) in [6, 6.07) is 0.302. The molecular weight excluding hydrogens is 282 g/mol. The van der Waals surface area contributed by atoms with Gasteiger partial charge in [0.1, 0.15) is 0 Å². The summed E-state index contributed by atoms with van der Waals surface area (Å²) < 4.78 is 0. The maximum atomic E-state index is 12.7. The molecule has 1 aromatic heterocycles. The lowest BCUT2D eigenvalue weighted by Gasteiger charge is -2.42. The molecule has 3 aliphatic heterocycles. The van der Waals surface area contributed by atoms with Gasteiger partial charge in [0.05, 0.1) is 30.4 Å². The molecule has 4 rings (SSSR count). The van der Waals surface area contributed by atoms with E-state index in [1.807, 2.05) is 16.0 Å². The van der Waals surface area contributed by atoms with Crippen LogP contribution in [-0.2, 0) is 22.6 Å². The van der Waals surface area contributed by atoms with E-state index in [2.05, 4.69) is 22.1 Å². The third-order valence-corrected chi connectivity index (χ3v) is 5.11. The lowest BCUT2D eigenvalue weighted by atomic mass is 10.0. The molecule has 1 atom stereocenters. The third kappa shape index (κ3) is 2.20. The van der Waals surface area contributed by atoms with Crippen LogP contribution in [0.2, 0.25) is 0 Å². The second-order valence-corrected chi connectivity index (χ2v) is 6.71. The number of fused-ring (bicyclic) bond motifs is 1. The number of amides is 2. The van der Waals surface area contributed by atoms with Crippen LogP contribution < -0.4 is 0 Å². The molecule has 7 heteroatoms. The maximum absolute atomic E-state index is 12.7. The van der Waals surface area contributed by atoms with E-state index in [4.69, 9.17) is 0 Å². The topological polar surface area (TPSA) is 72.5 Å². The van der Waals surface area contributed by atoms with Crippen LogP contribution in [0, 0.1) is 5.92 Å². The minimum atomic E-state index is -0.178. The Hall–Kier alpha value is -1.89. The summed E-state index contributed by atoms with van der Waals surface area (Å²) in [6.07, 6.45) is 3.05. The van der Waals surface area contributed by atoms with Gasteiger partial charge in [0, 0.05) is 32.6 Å². The second-order valence-electron chi connectivity index (χ2n) is 6.71. The van der Waals surface area contributed by atoms with E-state index >= 15 is 0 Å². The third-order valence-electron chi connectivity index (χ3n) is 5.11. The van der Waals surface area contributed by atoms with Gasteiger partial charge in [-0.1, -0.05) is 0 Å². The van der Waals surface area contributed by atoms with Gasteiger partial charge in [0.2, 0.25) is 11.8 Å². The van der Waals surface area contributed by atoms with Gasteiger partial charge in [-0.15, -0.1) is 0 Å². The fourth-order valence-corrected chi connectivity index (χ4v) is 3.77. The Morgan fingerprint density at radius 2 is 2.18 bits per heavy atom. The molecule has 1 aromatic rings. The van der Waals surface area contributed by atoms with Gasteiger partial charge in [0.15, 0.2) is 0 Å². The SMILES string of the molecule is CN1CC(N2CC(C(=O)N3CCc4cn[nH]c4C3)CC2=O)C1. The summed E-state index contributed by atoms with van der Waals surface area (Å²) in [5.74, 6) is 0.0716. The van der Waals surface area contributed by atoms with Gasteiger partial charge in [-0.3, -0.25) is 14.7 Å². The number of aromatic nitrogens is 2. The van der Waals surface area contributed by atoms with Crippen LogP contribution in [0.5, 0.6) is 0 Å². The van der Waals surface area contributed by atoms with E-state index in [1.165, 1.54) is 5.56 Å². The van der Waals surface area contributed by atoms with E-state index in [0.29, 0.717) is 25.6 Å². The van der Waals surface area contributed by atoms with Crippen molar-refractivity contribution in [3.63, 3.8) is 0 Å². The first-order valence-corrected chi connectivity index (χ1v) is 7.89. The van der Waals surface area contributed by atoms with Crippen LogP contribution in [-0.4, -0.2) is 76.0 Å². The molecule has 2 saturated heterocycles. The Bertz CT molecular complexity index is 607. The molecule has 1 unspecified atom stereocenters. The van der Waals surface area contributed by atoms with Crippen LogP contribution in [0.3, 0.4) is 0 Å². The van der Waals surface area contributed by atoms with Crippen LogP contribution in [0.1, 0.15) is 17.7 Å². The first-order chi connectivity index (χ1) is 10.6. The minimum absolute atomic E-state index is 0.115. The summed E-state index contributed by atoms with van der Waals surface area (Å²) in [6.45, 7) is 3.75. The van der Waals surface area contributed by atoms with Gasteiger partial charge >= 0.3 is 0 Å². The molecule has 7 nitrogen and oxygen atoms in total. The lowest BCUT2D eigenvalue weighted by Crippen LogP contribution is -2.58. The Morgan fingerprint density at radius 3 is 2.95 bits per heavy atom. The van der Waals surface area contributed by atoms with Gasteiger partial charge in [-0.05, 0) is 19.0 Å². The highest BCUT2D eigenvalue weighted by atomic mass is 16.2. The number of H-pyrrole nitrogens is 1.